The van der Waals surface area contributed by atoms with Gasteiger partial charge in [0.2, 0.25) is 34.8 Å². The van der Waals surface area contributed by atoms with Crippen LogP contribution in [0.1, 0.15) is 0 Å². The number of rotatable bonds is 3. The Bertz CT molecular complexity index is 556. The number of benzene rings is 1. The summed E-state index contributed by atoms with van der Waals surface area (Å²) in [5.74, 6) is -17.3. The third-order valence-corrected chi connectivity index (χ3v) is 1.86. The number of carbonyl (C=O) groups excluding carboxylic acids is 2. The summed E-state index contributed by atoms with van der Waals surface area (Å²) in [6.45, 7) is 2.74. The van der Waals surface area contributed by atoms with Crippen LogP contribution in [0, 0.1) is 29.1 Å². The summed E-state index contributed by atoms with van der Waals surface area (Å²) in [6.07, 6.45) is 1.07. The van der Waals surface area contributed by atoms with E-state index in [0.29, 0.717) is 0 Å². The smallest absolute Gasteiger partial charge is 0.423 e. The maximum Gasteiger partial charge on any atom is 0.423 e. The van der Waals surface area contributed by atoms with Crippen molar-refractivity contribution < 1.29 is 41.0 Å². The average Bonchev–Trinajstić information content (AvgIpc) is 2.44. The molecule has 1 rings (SSSR count). The second-order valence-corrected chi connectivity index (χ2v) is 3.18. The molecule has 0 aliphatic rings. The largest absolute Gasteiger partial charge is 0.453 e. The lowest BCUT2D eigenvalue weighted by Gasteiger charge is -2.08. The van der Waals surface area contributed by atoms with Crippen LogP contribution in [0.15, 0.2) is 12.7 Å². The molecule has 9 heteroatoms. The molecule has 0 heterocycles. The van der Waals surface area contributed by atoms with Gasteiger partial charge in [-0.05, 0) is 0 Å². The molecule has 0 spiro atoms. The Morgan fingerprint density at radius 2 is 1.35 bits per heavy atom. The van der Waals surface area contributed by atoms with Gasteiger partial charge < -0.3 is 9.47 Å². The van der Waals surface area contributed by atoms with Crippen molar-refractivity contribution >= 4 is 11.9 Å². The highest BCUT2D eigenvalue weighted by atomic mass is 19.2. The Kier molecular flexibility index (Phi) is 4.78. The van der Waals surface area contributed by atoms with Gasteiger partial charge in [0.1, 0.15) is 6.61 Å². The van der Waals surface area contributed by atoms with E-state index in [1.807, 2.05) is 0 Å². The Hall–Kier alpha value is -2.45. The predicted octanol–water partition coefficient (Wildman–Crippen LogP) is 2.02. The SMILES string of the molecule is C=CCOC(=O)C(=O)Oc1c(F)c(F)c(F)c(F)c1F. The molecule has 0 atom stereocenters. The summed E-state index contributed by atoms with van der Waals surface area (Å²) in [6, 6.07) is 0. The first-order valence-corrected chi connectivity index (χ1v) is 4.82. The minimum absolute atomic E-state index is 0.412. The molecule has 0 amide bonds. The Labute approximate surface area is 108 Å². The predicted molar refractivity (Wildman–Crippen MR) is 53.0 cm³/mol. The van der Waals surface area contributed by atoms with E-state index in [0.717, 1.165) is 6.08 Å². The minimum atomic E-state index is -2.42. The molecule has 0 bridgehead atoms. The molecule has 1 aromatic carbocycles. The monoisotopic (exact) mass is 296 g/mol. The zero-order valence-electron chi connectivity index (χ0n) is 9.51. The van der Waals surface area contributed by atoms with Crippen LogP contribution < -0.4 is 4.74 Å². The van der Waals surface area contributed by atoms with Crippen molar-refractivity contribution in [1.29, 1.82) is 0 Å². The van der Waals surface area contributed by atoms with Crippen LogP contribution in [0.4, 0.5) is 22.0 Å². The summed E-state index contributed by atoms with van der Waals surface area (Å²) < 4.78 is 72.4. The minimum Gasteiger partial charge on any atom is -0.453 e. The van der Waals surface area contributed by atoms with Crippen molar-refractivity contribution in [3.63, 3.8) is 0 Å². The van der Waals surface area contributed by atoms with E-state index in [4.69, 9.17) is 0 Å². The molecule has 1 aromatic rings. The third kappa shape index (κ3) is 2.92. The molecule has 0 fully saturated rings. The van der Waals surface area contributed by atoms with E-state index < -0.39 is 53.4 Å². The number of esters is 2. The Balaban J connectivity index is 3.07. The fourth-order valence-corrected chi connectivity index (χ4v) is 1.00. The molecule has 0 aliphatic carbocycles. The summed E-state index contributed by atoms with van der Waals surface area (Å²) in [4.78, 5) is 21.9. The standard InChI is InChI=1S/C11H5F5O4/c1-2-3-19-10(17)11(18)20-9-7(15)5(13)4(12)6(14)8(9)16/h2H,1,3H2. The van der Waals surface area contributed by atoms with Gasteiger partial charge in [0.25, 0.3) is 0 Å². The van der Waals surface area contributed by atoms with E-state index in [1.165, 1.54) is 0 Å². The highest BCUT2D eigenvalue weighted by molar-refractivity contribution is 6.30. The average molecular weight is 296 g/mol. The number of carbonyl (C=O) groups is 2. The number of ether oxygens (including phenoxy) is 2. The van der Waals surface area contributed by atoms with Crippen molar-refractivity contribution in [2.45, 2.75) is 0 Å². The molecule has 0 aromatic heterocycles. The van der Waals surface area contributed by atoms with Gasteiger partial charge in [-0.3, -0.25) is 0 Å². The van der Waals surface area contributed by atoms with Crippen LogP contribution >= 0.6 is 0 Å². The van der Waals surface area contributed by atoms with Crippen LogP contribution in [0.3, 0.4) is 0 Å². The highest BCUT2D eigenvalue weighted by Crippen LogP contribution is 2.29. The fourth-order valence-electron chi connectivity index (χ4n) is 1.00. The van der Waals surface area contributed by atoms with E-state index in [-0.39, 0.29) is 0 Å². The van der Waals surface area contributed by atoms with E-state index in [2.05, 4.69) is 16.1 Å². The van der Waals surface area contributed by atoms with Gasteiger partial charge in [-0.1, -0.05) is 12.7 Å². The molecule has 0 saturated carbocycles. The second-order valence-electron chi connectivity index (χ2n) is 3.18. The molecule has 20 heavy (non-hydrogen) atoms. The third-order valence-electron chi connectivity index (χ3n) is 1.86. The first kappa shape index (κ1) is 15.6. The van der Waals surface area contributed by atoms with Crippen molar-refractivity contribution in [1.82, 2.24) is 0 Å². The summed E-state index contributed by atoms with van der Waals surface area (Å²) >= 11 is 0. The quantitative estimate of drug-likeness (QED) is 0.163. The zero-order valence-corrected chi connectivity index (χ0v) is 9.51. The fraction of sp³-hybridized carbons (Fsp3) is 0.0909. The van der Waals surface area contributed by atoms with Gasteiger partial charge >= 0.3 is 11.9 Å². The van der Waals surface area contributed by atoms with Crippen LogP contribution in [0.2, 0.25) is 0 Å². The molecule has 0 N–H and O–H groups in total. The van der Waals surface area contributed by atoms with Crippen molar-refractivity contribution in [3.8, 4) is 5.75 Å². The lowest BCUT2D eigenvalue weighted by molar-refractivity contribution is -0.161. The van der Waals surface area contributed by atoms with Gasteiger partial charge in [0.15, 0.2) is 0 Å². The first-order valence-electron chi connectivity index (χ1n) is 4.82. The van der Waals surface area contributed by atoms with Gasteiger partial charge in [-0.2, -0.15) is 8.78 Å². The molecule has 0 unspecified atom stereocenters. The van der Waals surface area contributed by atoms with E-state index in [9.17, 15) is 31.5 Å². The highest BCUT2D eigenvalue weighted by Gasteiger charge is 2.30. The lowest BCUT2D eigenvalue weighted by atomic mass is 10.2. The van der Waals surface area contributed by atoms with Gasteiger partial charge in [-0.15, -0.1) is 0 Å². The summed E-state index contributed by atoms with van der Waals surface area (Å²) in [7, 11) is 0. The number of hydrogen-bond donors (Lipinski definition) is 0. The van der Waals surface area contributed by atoms with Crippen LogP contribution in [-0.2, 0) is 14.3 Å². The molecule has 0 aliphatic heterocycles. The number of halogens is 5. The normalized spacial score (nSPS) is 10.1. The molecule has 108 valence electrons. The second kappa shape index (κ2) is 6.13. The first-order chi connectivity index (χ1) is 9.31. The topological polar surface area (TPSA) is 52.6 Å². The van der Waals surface area contributed by atoms with Crippen LogP contribution in [0.5, 0.6) is 5.75 Å². The molecular weight excluding hydrogens is 291 g/mol. The van der Waals surface area contributed by atoms with Crippen molar-refractivity contribution in [2.24, 2.45) is 0 Å². The molecule has 0 radical (unpaired) electrons. The molecular formula is C11H5F5O4. The summed E-state index contributed by atoms with van der Waals surface area (Å²) in [5.41, 5.74) is 0. The zero-order chi connectivity index (χ0) is 15.4. The van der Waals surface area contributed by atoms with E-state index >= 15 is 0 Å². The Morgan fingerprint density at radius 3 is 1.80 bits per heavy atom. The molecule has 4 nitrogen and oxygen atoms in total. The summed E-state index contributed by atoms with van der Waals surface area (Å²) in [5, 5.41) is 0. The maximum atomic E-state index is 13.1. The molecule has 0 saturated heterocycles. The maximum absolute atomic E-state index is 13.1. The van der Waals surface area contributed by atoms with Gasteiger partial charge in [0, 0.05) is 0 Å². The number of hydrogen-bond acceptors (Lipinski definition) is 4. The van der Waals surface area contributed by atoms with Crippen molar-refractivity contribution in [3.05, 3.63) is 41.7 Å². The van der Waals surface area contributed by atoms with Gasteiger partial charge in [-0.25, -0.2) is 22.8 Å². The lowest BCUT2D eigenvalue weighted by Crippen LogP contribution is -2.24. The van der Waals surface area contributed by atoms with E-state index in [1.54, 1.807) is 0 Å². The van der Waals surface area contributed by atoms with Gasteiger partial charge in [0.05, 0.1) is 0 Å². The van der Waals surface area contributed by atoms with Crippen LogP contribution in [-0.4, -0.2) is 18.5 Å². The van der Waals surface area contributed by atoms with Crippen molar-refractivity contribution in [2.75, 3.05) is 6.61 Å². The van der Waals surface area contributed by atoms with Crippen LogP contribution in [0.25, 0.3) is 0 Å². The Morgan fingerprint density at radius 1 is 0.900 bits per heavy atom.